The van der Waals surface area contributed by atoms with Crippen LogP contribution in [0.3, 0.4) is 0 Å². The summed E-state index contributed by atoms with van der Waals surface area (Å²) in [7, 11) is 0. The van der Waals surface area contributed by atoms with Crippen molar-refractivity contribution in [3.8, 4) is 0 Å². The van der Waals surface area contributed by atoms with Crippen LogP contribution in [0.2, 0.25) is 11.6 Å². The molecule has 4 aliphatic rings. The Bertz CT molecular complexity index is 3320. The van der Waals surface area contributed by atoms with E-state index in [4.69, 9.17) is 0 Å². The Kier molecular flexibility index (Phi) is 13.7. The normalized spacial score (nSPS) is 20.1. The molecule has 0 saturated carbocycles. The molecular weight excluding hydrogens is 974 g/mol. The van der Waals surface area contributed by atoms with Crippen molar-refractivity contribution in [2.24, 2.45) is 11.8 Å². The van der Waals surface area contributed by atoms with E-state index in [1.54, 1.807) is 0 Å². The molecule has 0 radical (unpaired) electrons. The maximum Gasteiger partial charge on any atom is 0.217 e. The van der Waals surface area contributed by atoms with Crippen LogP contribution in [0.5, 0.6) is 0 Å². The average Bonchev–Trinajstić information content (AvgIpc) is 3.58. The standard InChI is InChI=1S/C77H80B2N2/c1-73(2,3)53-29-41-59(42-30-53)80(60-43-31-54(32-44-60)74(4,5)6)63-49-37-57(38-50-63)78-69-25-17-13-21-65(69)77(66-22-14-18-26-70(66)78)67-23-15-19-27-71(67)79(72-28-20-16-24-68(72)77)58-39-51-64(52-40-58)81(61-45-33-55(34-46-61)75(7,8)9)62-47-35-56(36-48-62)76(10,11)12/h13-52,65,67,69,71H,1-12H3. The molecule has 0 fully saturated rings. The Morgan fingerprint density at radius 2 is 0.543 bits per heavy atom. The first-order chi connectivity index (χ1) is 38.7. The molecule has 12 rings (SSSR count). The van der Waals surface area contributed by atoms with Crippen molar-refractivity contribution in [3.63, 3.8) is 0 Å². The van der Waals surface area contributed by atoms with Crippen LogP contribution in [-0.2, 0) is 27.1 Å². The minimum absolute atomic E-state index is 0.0670. The summed E-state index contributed by atoms with van der Waals surface area (Å²) in [6.45, 7) is 27.8. The van der Waals surface area contributed by atoms with Gasteiger partial charge in [0.15, 0.2) is 0 Å². The zero-order valence-electron chi connectivity index (χ0n) is 50.0. The van der Waals surface area contributed by atoms with Gasteiger partial charge in [0.1, 0.15) is 0 Å². The lowest BCUT2D eigenvalue weighted by atomic mass is 9.19. The molecule has 8 aromatic carbocycles. The molecule has 0 aromatic heterocycles. The van der Waals surface area contributed by atoms with E-state index in [1.165, 1.54) is 55.2 Å². The second-order valence-electron chi connectivity index (χ2n) is 27.8. The lowest BCUT2D eigenvalue weighted by Gasteiger charge is -2.59. The van der Waals surface area contributed by atoms with E-state index < -0.39 is 0 Å². The van der Waals surface area contributed by atoms with Crippen LogP contribution in [0.25, 0.3) is 0 Å². The highest BCUT2D eigenvalue weighted by Gasteiger charge is 2.61. The monoisotopic (exact) mass is 1050 g/mol. The summed E-state index contributed by atoms with van der Waals surface area (Å²) >= 11 is 0. The molecule has 1 spiro atoms. The van der Waals surface area contributed by atoms with Gasteiger partial charge in [-0.15, -0.1) is 0 Å². The van der Waals surface area contributed by atoms with E-state index in [9.17, 15) is 0 Å². The molecule has 0 saturated heterocycles. The molecule has 4 atom stereocenters. The average molecular weight is 1060 g/mol. The molecule has 8 aromatic rings. The smallest absolute Gasteiger partial charge is 0.217 e. The van der Waals surface area contributed by atoms with E-state index in [0.717, 1.165) is 34.1 Å². The Morgan fingerprint density at radius 3 is 0.815 bits per heavy atom. The van der Waals surface area contributed by atoms with Crippen LogP contribution in [0.1, 0.15) is 116 Å². The maximum atomic E-state index is 2.58. The molecule has 0 amide bonds. The topological polar surface area (TPSA) is 6.48 Å². The highest BCUT2D eigenvalue weighted by atomic mass is 15.1. The van der Waals surface area contributed by atoms with Crippen molar-refractivity contribution < 1.29 is 0 Å². The Labute approximate surface area is 486 Å². The summed E-state index contributed by atoms with van der Waals surface area (Å²) in [4.78, 5) is 4.86. The van der Waals surface area contributed by atoms with E-state index >= 15 is 0 Å². The summed E-state index contributed by atoms with van der Waals surface area (Å²) in [6, 6.07) is 75.1. The van der Waals surface area contributed by atoms with Gasteiger partial charge in [-0.2, -0.15) is 0 Å². The van der Waals surface area contributed by atoms with Gasteiger partial charge in [0.25, 0.3) is 0 Å². The summed E-state index contributed by atoms with van der Waals surface area (Å²) in [5.74, 6) is 0.868. The minimum Gasteiger partial charge on any atom is -0.311 e. The Hall–Kier alpha value is -7.55. The van der Waals surface area contributed by atoms with Crippen molar-refractivity contribution in [1.82, 2.24) is 0 Å². The molecule has 2 aliphatic carbocycles. The fourth-order valence-electron chi connectivity index (χ4n) is 14.4. The first-order valence-corrected chi connectivity index (χ1v) is 29.8. The number of allylic oxidation sites excluding steroid dienone is 8. The summed E-state index contributed by atoms with van der Waals surface area (Å²) in [5.41, 5.74) is 20.7. The van der Waals surface area contributed by atoms with Crippen LogP contribution in [0.4, 0.5) is 34.1 Å². The highest BCUT2D eigenvalue weighted by molar-refractivity contribution is 6.88. The molecular formula is C77H80B2N2. The van der Waals surface area contributed by atoms with Crippen LogP contribution in [0.15, 0.2) is 243 Å². The summed E-state index contributed by atoms with van der Waals surface area (Å²) < 4.78 is 0. The van der Waals surface area contributed by atoms with Crippen molar-refractivity contribution >= 4 is 69.4 Å². The second-order valence-corrected chi connectivity index (χ2v) is 27.8. The summed E-state index contributed by atoms with van der Waals surface area (Å²) in [6.07, 6.45) is 19.6. The third kappa shape index (κ3) is 9.71. The van der Waals surface area contributed by atoms with Crippen molar-refractivity contribution in [2.45, 2.75) is 122 Å². The van der Waals surface area contributed by atoms with Crippen molar-refractivity contribution in [1.29, 1.82) is 0 Å². The second kappa shape index (κ2) is 20.5. The number of nitrogens with zero attached hydrogens (tertiary/aromatic N) is 2. The van der Waals surface area contributed by atoms with Gasteiger partial charge in [0.2, 0.25) is 13.4 Å². The van der Waals surface area contributed by atoms with E-state index in [0.29, 0.717) is 0 Å². The molecule has 81 heavy (non-hydrogen) atoms. The zero-order valence-corrected chi connectivity index (χ0v) is 50.0. The van der Waals surface area contributed by atoms with Crippen molar-refractivity contribution in [2.75, 3.05) is 9.80 Å². The third-order valence-corrected chi connectivity index (χ3v) is 18.6. The number of rotatable bonds is 8. The van der Waals surface area contributed by atoms with Gasteiger partial charge in [-0.05, 0) is 151 Å². The van der Waals surface area contributed by atoms with Gasteiger partial charge in [-0.1, -0.05) is 275 Å². The number of hydrogen-bond donors (Lipinski definition) is 0. The number of anilines is 6. The highest BCUT2D eigenvalue weighted by Crippen LogP contribution is 2.60. The van der Waals surface area contributed by atoms with Gasteiger partial charge >= 0.3 is 0 Å². The van der Waals surface area contributed by atoms with Crippen molar-refractivity contribution in [3.05, 3.63) is 276 Å². The first kappa shape index (κ1) is 54.1. The predicted octanol–water partition coefficient (Wildman–Crippen LogP) is 17.6. The number of benzene rings is 8. The van der Waals surface area contributed by atoms with E-state index in [2.05, 4.69) is 336 Å². The molecule has 0 N–H and O–H groups in total. The molecule has 0 bridgehead atoms. The van der Waals surface area contributed by atoms with Crippen LogP contribution in [-0.4, -0.2) is 13.4 Å². The predicted molar refractivity (Wildman–Crippen MR) is 352 cm³/mol. The molecule has 404 valence electrons. The number of fused-ring (bicyclic) bond motifs is 8. The zero-order chi connectivity index (χ0) is 56.6. The van der Waals surface area contributed by atoms with Crippen LogP contribution < -0.4 is 31.7 Å². The third-order valence-electron chi connectivity index (χ3n) is 18.6. The van der Waals surface area contributed by atoms with Crippen LogP contribution >= 0.6 is 0 Å². The largest absolute Gasteiger partial charge is 0.311 e. The van der Waals surface area contributed by atoms with Crippen LogP contribution in [0, 0.1) is 11.8 Å². The SMILES string of the molecule is CC(C)(C)c1ccc(N(c2ccc(B3c4ccccc4C4(c5ccccc5B(c5ccc(N(c6ccc(C(C)(C)C)cc6)c6ccc(C(C)(C)C)cc6)cc5)C5C=CC=CC54)C4C=CC=CC34)cc2)c2ccc(C(C)(C)C)cc2)cc1. The summed E-state index contributed by atoms with van der Waals surface area (Å²) in [5, 5.41) is 0. The first-order valence-electron chi connectivity index (χ1n) is 29.8. The quantitative estimate of drug-likeness (QED) is 0.140. The van der Waals surface area contributed by atoms with Gasteiger partial charge in [-0.3, -0.25) is 0 Å². The lowest BCUT2D eigenvalue weighted by molar-refractivity contribution is 0.281. The van der Waals surface area contributed by atoms with E-state index in [-0.39, 0.29) is 64.0 Å². The Balaban J connectivity index is 0.943. The van der Waals surface area contributed by atoms with Gasteiger partial charge in [0, 0.05) is 39.5 Å². The fourth-order valence-corrected chi connectivity index (χ4v) is 14.4. The minimum atomic E-state index is -0.317. The van der Waals surface area contributed by atoms with E-state index in [1.807, 2.05) is 0 Å². The van der Waals surface area contributed by atoms with Gasteiger partial charge in [-0.25, -0.2) is 0 Å². The molecule has 2 heterocycles. The number of hydrogen-bond acceptors (Lipinski definition) is 2. The lowest BCUT2D eigenvalue weighted by Crippen LogP contribution is -2.67. The maximum absolute atomic E-state index is 2.58. The van der Waals surface area contributed by atoms with Gasteiger partial charge < -0.3 is 9.80 Å². The fraction of sp³-hybridized carbons (Fsp3) is 0.273. The molecule has 4 unspecified atom stereocenters. The molecule has 2 nitrogen and oxygen atoms in total. The molecule has 4 heteroatoms. The molecule has 2 aliphatic heterocycles. The van der Waals surface area contributed by atoms with Gasteiger partial charge in [0.05, 0.1) is 0 Å². The Morgan fingerprint density at radius 1 is 0.296 bits per heavy atom.